The largest absolute Gasteiger partial charge is 0.494 e. The first-order valence-electron chi connectivity index (χ1n) is 8.73. The van der Waals surface area contributed by atoms with E-state index in [0.717, 1.165) is 37.8 Å². The normalized spacial score (nSPS) is 10.9. The summed E-state index contributed by atoms with van der Waals surface area (Å²) < 4.78 is 7.55. The molecular formula is C19H23BrClN3O2S2. The number of nitrogens with zero attached hydrogens (tertiary/aromatic N) is 3. The molecule has 2 aromatic heterocycles. The van der Waals surface area contributed by atoms with Crippen LogP contribution in [-0.2, 0) is 0 Å². The van der Waals surface area contributed by atoms with Crippen molar-refractivity contribution in [3.63, 3.8) is 0 Å². The summed E-state index contributed by atoms with van der Waals surface area (Å²) in [7, 11) is 4.07. The highest BCUT2D eigenvalue weighted by atomic mass is 79.9. The number of aromatic nitrogens is 1. The molecule has 152 valence electrons. The maximum absolute atomic E-state index is 13.1. The minimum atomic E-state index is -0.00598. The van der Waals surface area contributed by atoms with Crippen LogP contribution in [-0.4, -0.2) is 49.6 Å². The van der Waals surface area contributed by atoms with E-state index in [9.17, 15) is 4.79 Å². The molecule has 0 unspecified atom stereocenters. The van der Waals surface area contributed by atoms with E-state index < -0.39 is 0 Å². The lowest BCUT2D eigenvalue weighted by atomic mass is 10.3. The van der Waals surface area contributed by atoms with Crippen molar-refractivity contribution in [3.05, 3.63) is 39.0 Å². The number of hydrogen-bond acceptors (Lipinski definition) is 6. The summed E-state index contributed by atoms with van der Waals surface area (Å²) in [5.74, 6) is 0.821. The lowest BCUT2D eigenvalue weighted by Crippen LogP contribution is -2.32. The molecule has 0 saturated heterocycles. The third kappa shape index (κ3) is 5.67. The van der Waals surface area contributed by atoms with Gasteiger partial charge in [-0.1, -0.05) is 11.3 Å². The van der Waals surface area contributed by atoms with Crippen molar-refractivity contribution in [1.82, 2.24) is 9.88 Å². The molecule has 0 aliphatic rings. The number of rotatable bonds is 8. The predicted molar refractivity (Wildman–Crippen MR) is 125 cm³/mol. The molecule has 0 N–H and O–H groups in total. The first-order valence-corrected chi connectivity index (χ1v) is 11.2. The van der Waals surface area contributed by atoms with Crippen molar-refractivity contribution in [1.29, 1.82) is 0 Å². The topological polar surface area (TPSA) is 45.7 Å². The van der Waals surface area contributed by atoms with Crippen molar-refractivity contribution in [2.45, 2.75) is 13.3 Å². The number of ether oxygens (including phenoxy) is 1. The molecule has 0 bridgehead atoms. The van der Waals surface area contributed by atoms with Gasteiger partial charge in [-0.05, 0) is 80.2 Å². The lowest BCUT2D eigenvalue weighted by molar-refractivity contribution is 0.0990. The Morgan fingerprint density at radius 2 is 1.96 bits per heavy atom. The fraction of sp³-hybridized carbons (Fsp3) is 0.368. The summed E-state index contributed by atoms with van der Waals surface area (Å²) in [6, 6.07) is 9.62. The van der Waals surface area contributed by atoms with Crippen LogP contribution in [0.2, 0.25) is 0 Å². The molecule has 0 radical (unpaired) electrons. The van der Waals surface area contributed by atoms with Gasteiger partial charge in [0.1, 0.15) is 5.75 Å². The van der Waals surface area contributed by atoms with E-state index in [1.54, 1.807) is 4.90 Å². The molecule has 0 spiro atoms. The van der Waals surface area contributed by atoms with E-state index in [4.69, 9.17) is 9.72 Å². The standard InChI is InChI=1S/C19H22BrN3O2S2.ClH/c1-4-25-13-6-7-14-16(12-13)27-19(21-14)23(11-5-10-22(2)3)18(24)15-8-9-17(20)26-15;/h6-9,12H,4-5,10-11H2,1-3H3;1H. The van der Waals surface area contributed by atoms with Gasteiger partial charge in [0.05, 0.1) is 25.5 Å². The van der Waals surface area contributed by atoms with Crippen LogP contribution in [0.25, 0.3) is 10.2 Å². The molecule has 3 rings (SSSR count). The van der Waals surface area contributed by atoms with Gasteiger partial charge >= 0.3 is 0 Å². The zero-order valence-corrected chi connectivity index (χ0v) is 20.0. The third-order valence-electron chi connectivity index (χ3n) is 3.91. The molecule has 0 saturated carbocycles. The number of carbonyl (C=O) groups is 1. The highest BCUT2D eigenvalue weighted by Crippen LogP contribution is 2.33. The van der Waals surface area contributed by atoms with E-state index in [2.05, 4.69) is 20.8 Å². The van der Waals surface area contributed by atoms with Crippen molar-refractivity contribution >= 4 is 72.3 Å². The zero-order chi connectivity index (χ0) is 19.4. The van der Waals surface area contributed by atoms with Crippen LogP contribution in [0, 0.1) is 0 Å². The molecule has 2 heterocycles. The fourth-order valence-electron chi connectivity index (χ4n) is 2.66. The Morgan fingerprint density at radius 1 is 1.18 bits per heavy atom. The number of thiazole rings is 1. The average Bonchev–Trinajstić information content (AvgIpc) is 3.24. The number of carbonyl (C=O) groups excluding carboxylic acids is 1. The maximum atomic E-state index is 13.1. The highest BCUT2D eigenvalue weighted by molar-refractivity contribution is 9.11. The number of hydrogen-bond donors (Lipinski definition) is 0. The minimum Gasteiger partial charge on any atom is -0.494 e. The van der Waals surface area contributed by atoms with Crippen LogP contribution < -0.4 is 9.64 Å². The molecule has 3 aromatic rings. The smallest absolute Gasteiger partial charge is 0.270 e. The van der Waals surface area contributed by atoms with Gasteiger partial charge in [-0.3, -0.25) is 9.69 Å². The number of fused-ring (bicyclic) bond motifs is 1. The number of amides is 1. The second kappa shape index (κ2) is 10.5. The van der Waals surface area contributed by atoms with Gasteiger partial charge in [0.2, 0.25) is 0 Å². The van der Waals surface area contributed by atoms with Crippen LogP contribution in [0.4, 0.5) is 5.13 Å². The van der Waals surface area contributed by atoms with Gasteiger partial charge in [-0.15, -0.1) is 23.7 Å². The first-order chi connectivity index (χ1) is 13.0. The number of thiophene rings is 1. The molecule has 0 aliphatic heterocycles. The Labute approximate surface area is 187 Å². The molecule has 0 fully saturated rings. The van der Waals surface area contributed by atoms with E-state index in [1.807, 2.05) is 51.4 Å². The van der Waals surface area contributed by atoms with E-state index in [1.165, 1.54) is 22.7 Å². The minimum absolute atomic E-state index is 0. The number of benzene rings is 1. The van der Waals surface area contributed by atoms with Crippen LogP contribution in [0.1, 0.15) is 23.0 Å². The number of anilines is 1. The zero-order valence-electron chi connectivity index (χ0n) is 16.0. The Kier molecular flexibility index (Phi) is 8.70. The molecular weight excluding hydrogens is 482 g/mol. The number of halogens is 2. The van der Waals surface area contributed by atoms with E-state index in [0.29, 0.717) is 18.0 Å². The summed E-state index contributed by atoms with van der Waals surface area (Å²) in [5, 5.41) is 0.729. The van der Waals surface area contributed by atoms with Gasteiger partial charge in [0.15, 0.2) is 5.13 Å². The van der Waals surface area contributed by atoms with E-state index in [-0.39, 0.29) is 18.3 Å². The Hall–Kier alpha value is -1.19. The first kappa shape index (κ1) is 23.1. The van der Waals surface area contributed by atoms with Gasteiger partial charge in [-0.2, -0.15) is 0 Å². The average molecular weight is 505 g/mol. The third-order valence-corrected chi connectivity index (χ3v) is 6.56. The summed E-state index contributed by atoms with van der Waals surface area (Å²) in [6.45, 7) is 4.13. The van der Waals surface area contributed by atoms with Crippen LogP contribution >= 0.6 is 51.0 Å². The Bertz CT molecular complexity index is 929. The summed E-state index contributed by atoms with van der Waals surface area (Å²) in [5.41, 5.74) is 0.885. The van der Waals surface area contributed by atoms with Crippen LogP contribution in [0.3, 0.4) is 0 Å². The van der Waals surface area contributed by atoms with Crippen molar-refractivity contribution < 1.29 is 9.53 Å². The molecule has 28 heavy (non-hydrogen) atoms. The second-order valence-electron chi connectivity index (χ2n) is 6.28. The molecule has 9 heteroatoms. The van der Waals surface area contributed by atoms with Gasteiger partial charge in [-0.25, -0.2) is 4.98 Å². The van der Waals surface area contributed by atoms with Crippen LogP contribution in [0.15, 0.2) is 34.1 Å². The second-order valence-corrected chi connectivity index (χ2v) is 9.75. The van der Waals surface area contributed by atoms with E-state index >= 15 is 0 Å². The SMILES string of the molecule is CCOc1ccc2nc(N(CCCN(C)C)C(=O)c3ccc(Br)s3)sc2c1.Cl. The summed E-state index contributed by atoms with van der Waals surface area (Å²) in [6.07, 6.45) is 0.880. The monoisotopic (exact) mass is 503 g/mol. The molecule has 0 atom stereocenters. The van der Waals surface area contributed by atoms with Gasteiger partial charge in [0.25, 0.3) is 5.91 Å². The van der Waals surface area contributed by atoms with Gasteiger partial charge in [0, 0.05) is 6.54 Å². The quantitative estimate of drug-likeness (QED) is 0.404. The molecule has 1 aromatic carbocycles. The maximum Gasteiger partial charge on any atom is 0.270 e. The lowest BCUT2D eigenvalue weighted by Gasteiger charge is -2.20. The van der Waals surface area contributed by atoms with Gasteiger partial charge < -0.3 is 9.64 Å². The molecule has 1 amide bonds. The van der Waals surface area contributed by atoms with Crippen molar-refractivity contribution in [2.24, 2.45) is 0 Å². The van der Waals surface area contributed by atoms with Crippen molar-refractivity contribution in [3.8, 4) is 5.75 Å². The predicted octanol–water partition coefficient (Wildman–Crippen LogP) is 5.54. The Morgan fingerprint density at radius 3 is 2.61 bits per heavy atom. The fourth-order valence-corrected chi connectivity index (χ4v) is 5.01. The highest BCUT2D eigenvalue weighted by Gasteiger charge is 2.22. The molecule has 0 aliphatic carbocycles. The Balaban J connectivity index is 0.00000280. The van der Waals surface area contributed by atoms with Crippen LogP contribution in [0.5, 0.6) is 5.75 Å². The molecule has 5 nitrogen and oxygen atoms in total. The summed E-state index contributed by atoms with van der Waals surface area (Å²) >= 11 is 6.42. The summed E-state index contributed by atoms with van der Waals surface area (Å²) in [4.78, 5) is 22.5. The van der Waals surface area contributed by atoms with Crippen molar-refractivity contribution in [2.75, 3.05) is 38.7 Å².